The Balaban J connectivity index is 1.21. The normalized spacial score (nSPS) is 14.0. The van der Waals surface area contributed by atoms with Gasteiger partial charge >= 0.3 is 0 Å². The van der Waals surface area contributed by atoms with E-state index in [1.54, 1.807) is 10.4 Å². The van der Waals surface area contributed by atoms with Crippen molar-refractivity contribution in [1.82, 2.24) is 0 Å². The van der Waals surface area contributed by atoms with Crippen LogP contribution in [0.4, 0.5) is 0 Å². The lowest BCUT2D eigenvalue weighted by Crippen LogP contribution is -2.72. The largest absolute Gasteiger partial charge is 0.182 e. The van der Waals surface area contributed by atoms with E-state index in [1.165, 1.54) is 72.1 Å². The molecule has 10 aromatic rings. The molecule has 0 saturated heterocycles. The molecule has 0 fully saturated rings. The van der Waals surface area contributed by atoms with Crippen molar-refractivity contribution in [2.45, 2.75) is 0 Å². The first kappa shape index (κ1) is 35.0. The summed E-state index contributed by atoms with van der Waals surface area (Å²) in [5.74, 6) is 0. The molecule has 0 nitrogen and oxygen atoms in total. The first-order valence-corrected chi connectivity index (χ1v) is 25.7. The van der Waals surface area contributed by atoms with Gasteiger partial charge in [0.05, 0.1) is 0 Å². The molecule has 270 valence electrons. The molecule has 1 aliphatic heterocycles. The van der Waals surface area contributed by atoms with E-state index < -0.39 is 23.9 Å². The molecule has 8 aromatic carbocycles. The summed E-state index contributed by atoms with van der Waals surface area (Å²) in [6.45, 7) is 0. The second-order valence-corrected chi connectivity index (χ2v) is 25.2. The van der Waals surface area contributed by atoms with E-state index in [2.05, 4.69) is 241 Å². The number of thiophene rings is 2. The minimum Gasteiger partial charge on any atom is -0.134 e. The molecule has 2 unspecified atom stereocenters. The zero-order valence-electron chi connectivity index (χ0n) is 31.0. The van der Waals surface area contributed by atoms with Crippen molar-refractivity contribution in [3.8, 4) is 9.75 Å². The van der Waals surface area contributed by atoms with Crippen LogP contribution in [0.3, 0.4) is 0 Å². The average Bonchev–Trinajstić information content (AvgIpc) is 3.97. The van der Waals surface area contributed by atoms with Gasteiger partial charge in [0.15, 0.2) is 8.07 Å². The Morgan fingerprint density at radius 3 is 1.11 bits per heavy atom. The Morgan fingerprint density at radius 1 is 0.333 bits per heavy atom. The smallest absolute Gasteiger partial charge is 0.134 e. The second kappa shape index (κ2) is 14.6. The van der Waals surface area contributed by atoms with Gasteiger partial charge in [-0.25, -0.2) is 0 Å². The van der Waals surface area contributed by atoms with Crippen molar-refractivity contribution in [3.05, 3.63) is 218 Å². The van der Waals surface area contributed by atoms with Crippen LogP contribution in [0.15, 0.2) is 218 Å². The van der Waals surface area contributed by atoms with Crippen LogP contribution in [0, 0.1) is 0 Å². The molecule has 0 aliphatic carbocycles. The third kappa shape index (κ3) is 5.76. The summed E-state index contributed by atoms with van der Waals surface area (Å²) < 4.78 is 2.95. The average molecular weight is 815 g/mol. The fourth-order valence-electron chi connectivity index (χ4n) is 8.91. The van der Waals surface area contributed by atoms with Crippen LogP contribution in [0.2, 0.25) is 0 Å². The van der Waals surface area contributed by atoms with Gasteiger partial charge in [0.1, 0.15) is 0 Å². The molecule has 0 N–H and O–H groups in total. The Hall–Kier alpha value is -5.24. The van der Waals surface area contributed by atoms with Crippen molar-refractivity contribution in [2.75, 3.05) is 0 Å². The second-order valence-electron chi connectivity index (χ2n) is 14.5. The SMILES string of the molecule is c1ccc(P(c2cc3c(s2)-c2sc(P(c4ccccc4)c4cccc5ccccc45)cc2[Si]3(c2ccccc2)c2ccccc2)c2cccc3ccccc23)cc1. The van der Waals surface area contributed by atoms with Gasteiger partial charge in [0, 0.05) is 19.0 Å². The van der Waals surface area contributed by atoms with Gasteiger partial charge in [0.25, 0.3) is 0 Å². The standard InChI is InChI=1S/C52H36P2S2Si/c1-5-23-39(24-6-1)53(45-33-17-21-37-19-13-15-31-43(37)45)49-35-47-51(55-49)52-48(57(47,41-27-9-3-10-28-41)42-29-11-4-12-30-42)36-50(56-52)54(40-25-7-2-8-26-40)46-34-18-22-38-20-14-16-32-44(38)46/h1-36H. The lowest BCUT2D eigenvalue weighted by molar-refractivity contribution is 1.71. The highest BCUT2D eigenvalue weighted by molar-refractivity contribution is 7.85. The zero-order valence-corrected chi connectivity index (χ0v) is 35.4. The Bertz CT molecular complexity index is 2810. The van der Waals surface area contributed by atoms with Gasteiger partial charge in [-0.15, -0.1) is 22.7 Å². The number of fused-ring (bicyclic) bond motifs is 5. The van der Waals surface area contributed by atoms with Gasteiger partial charge in [-0.3, -0.25) is 0 Å². The number of hydrogen-bond acceptors (Lipinski definition) is 2. The number of hydrogen-bond donors (Lipinski definition) is 0. The highest BCUT2D eigenvalue weighted by atomic mass is 32.1. The van der Waals surface area contributed by atoms with Gasteiger partial charge in [-0.1, -0.05) is 206 Å². The third-order valence-corrected chi connectivity index (χ3v) is 24.7. The van der Waals surface area contributed by atoms with E-state index >= 15 is 0 Å². The molecule has 5 heteroatoms. The molecule has 0 amide bonds. The maximum Gasteiger partial charge on any atom is 0.182 e. The van der Waals surface area contributed by atoms with E-state index in [9.17, 15) is 0 Å². The lowest BCUT2D eigenvalue weighted by Gasteiger charge is -2.30. The quantitative estimate of drug-likeness (QED) is 0.106. The molecule has 2 atom stereocenters. The molecule has 11 rings (SSSR count). The predicted molar refractivity (Wildman–Crippen MR) is 257 cm³/mol. The van der Waals surface area contributed by atoms with Gasteiger partial charge in [-0.05, 0) is 91.5 Å². The summed E-state index contributed by atoms with van der Waals surface area (Å²) >= 11 is 4.13. The summed E-state index contributed by atoms with van der Waals surface area (Å²) in [5.41, 5.74) is 0. The fourth-order valence-corrected chi connectivity index (χ4v) is 24.3. The lowest BCUT2D eigenvalue weighted by atomic mass is 10.1. The van der Waals surface area contributed by atoms with Crippen LogP contribution in [-0.2, 0) is 0 Å². The van der Waals surface area contributed by atoms with Gasteiger partial charge in [-0.2, -0.15) is 0 Å². The molecular formula is C52H36P2S2Si. The Kier molecular flexibility index (Phi) is 8.96. The topological polar surface area (TPSA) is 0 Å². The zero-order chi connectivity index (χ0) is 37.8. The Morgan fingerprint density at radius 2 is 0.684 bits per heavy atom. The third-order valence-electron chi connectivity index (χ3n) is 11.4. The maximum atomic E-state index is 2.67. The van der Waals surface area contributed by atoms with Crippen LogP contribution in [0.1, 0.15) is 0 Å². The van der Waals surface area contributed by atoms with E-state index in [-0.39, 0.29) is 0 Å². The van der Waals surface area contributed by atoms with Crippen molar-refractivity contribution < 1.29 is 0 Å². The summed E-state index contributed by atoms with van der Waals surface area (Å²) in [5, 5.41) is 16.9. The first-order chi connectivity index (χ1) is 28.3. The van der Waals surface area contributed by atoms with Crippen molar-refractivity contribution >= 4 is 119 Å². The van der Waals surface area contributed by atoms with Crippen molar-refractivity contribution in [3.63, 3.8) is 0 Å². The molecule has 1 aliphatic rings. The predicted octanol–water partition coefficient (Wildman–Crippen LogP) is 8.99. The minimum atomic E-state index is -2.75. The highest BCUT2D eigenvalue weighted by Gasteiger charge is 2.52. The number of benzene rings is 8. The molecule has 0 spiro atoms. The molecule has 57 heavy (non-hydrogen) atoms. The van der Waals surface area contributed by atoms with E-state index in [1.807, 2.05) is 0 Å². The van der Waals surface area contributed by atoms with Crippen LogP contribution < -0.4 is 51.2 Å². The molecule has 0 radical (unpaired) electrons. The maximum absolute atomic E-state index is 2.75. The molecule has 3 heterocycles. The fraction of sp³-hybridized carbons (Fsp3) is 0. The van der Waals surface area contributed by atoms with Crippen molar-refractivity contribution in [1.29, 1.82) is 0 Å². The molecule has 0 saturated carbocycles. The summed E-state index contributed by atoms with van der Waals surface area (Å²) in [6, 6.07) is 82.6. The van der Waals surface area contributed by atoms with E-state index in [0.29, 0.717) is 0 Å². The van der Waals surface area contributed by atoms with Gasteiger partial charge < -0.3 is 0 Å². The number of rotatable bonds is 8. The van der Waals surface area contributed by atoms with Gasteiger partial charge in [0.2, 0.25) is 0 Å². The summed E-state index contributed by atoms with van der Waals surface area (Å²) in [7, 11) is -4.41. The van der Waals surface area contributed by atoms with E-state index in [4.69, 9.17) is 0 Å². The first-order valence-electron chi connectivity index (χ1n) is 19.3. The van der Waals surface area contributed by atoms with E-state index in [0.717, 1.165) is 0 Å². The van der Waals surface area contributed by atoms with Crippen LogP contribution in [0.5, 0.6) is 0 Å². The summed E-state index contributed by atoms with van der Waals surface area (Å²) in [4.78, 5) is 2.94. The highest BCUT2D eigenvalue weighted by Crippen LogP contribution is 2.46. The van der Waals surface area contributed by atoms with Crippen LogP contribution >= 0.6 is 38.5 Å². The summed E-state index contributed by atoms with van der Waals surface area (Å²) in [6.07, 6.45) is 0. The van der Waals surface area contributed by atoms with Crippen molar-refractivity contribution in [2.24, 2.45) is 0 Å². The molecular weight excluding hydrogens is 779 g/mol. The Labute approximate surface area is 345 Å². The molecule has 2 aromatic heterocycles. The monoisotopic (exact) mass is 814 g/mol. The van der Waals surface area contributed by atoms with Crippen LogP contribution in [-0.4, -0.2) is 8.07 Å². The molecule has 0 bridgehead atoms. The minimum absolute atomic E-state index is 0.830. The van der Waals surface area contributed by atoms with Crippen LogP contribution in [0.25, 0.3) is 31.3 Å².